The molecule has 3 heterocycles. The quantitative estimate of drug-likeness (QED) is 0.306. The summed E-state index contributed by atoms with van der Waals surface area (Å²) < 4.78 is 23.6. The van der Waals surface area contributed by atoms with Gasteiger partial charge >= 0.3 is 0 Å². The molecule has 0 fully saturated rings. The second kappa shape index (κ2) is 11.6. The minimum Gasteiger partial charge on any atom is -0.358 e. The molecule has 0 amide bonds. The molecule has 0 spiro atoms. The third-order valence-corrected chi connectivity index (χ3v) is 6.23. The number of nitrogens with one attached hydrogen (secondary N) is 1. The number of aryl methyl sites for hydroxylation is 1. The Bertz CT molecular complexity index is 1240. The van der Waals surface area contributed by atoms with Crippen LogP contribution in [0.25, 0.3) is 10.9 Å². The fourth-order valence-electron chi connectivity index (χ4n) is 3.79. The van der Waals surface area contributed by atoms with E-state index >= 15 is 0 Å². The molecule has 9 heteroatoms. The molecule has 1 radical (unpaired) electrons. The topological polar surface area (TPSA) is 105 Å². The monoisotopic (exact) mass is 638 g/mol. The van der Waals surface area contributed by atoms with Crippen molar-refractivity contribution in [1.82, 2.24) is 19.9 Å². The van der Waals surface area contributed by atoms with E-state index in [0.29, 0.717) is 13.1 Å². The van der Waals surface area contributed by atoms with Crippen LogP contribution in [-0.4, -0.2) is 34.8 Å². The van der Waals surface area contributed by atoms with Gasteiger partial charge in [-0.1, -0.05) is 19.6 Å². The van der Waals surface area contributed by atoms with Gasteiger partial charge in [0.05, 0.1) is 16.3 Å². The molecule has 3 N–H and O–H groups in total. The van der Waals surface area contributed by atoms with Crippen LogP contribution >= 0.6 is 0 Å². The summed E-state index contributed by atoms with van der Waals surface area (Å²) >= 11 is 0. The van der Waals surface area contributed by atoms with Crippen LogP contribution in [-0.2, 0) is 50.0 Å². The van der Waals surface area contributed by atoms with E-state index in [1.165, 1.54) is 6.07 Å². The van der Waals surface area contributed by atoms with Crippen molar-refractivity contribution in [2.75, 3.05) is 6.54 Å². The molecule has 4 rings (SSSR count). The van der Waals surface area contributed by atoms with Crippen LogP contribution in [0.3, 0.4) is 0 Å². The number of nitrogens with two attached hydrogens (primary N) is 1. The van der Waals surface area contributed by atoms with E-state index in [0.717, 1.165) is 46.5 Å². The second-order valence-corrected chi connectivity index (χ2v) is 9.15. The number of benzene rings is 1. The van der Waals surface area contributed by atoms with E-state index in [2.05, 4.69) is 19.9 Å². The summed E-state index contributed by atoms with van der Waals surface area (Å²) in [6, 6.07) is 16.8. The Morgan fingerprint density at radius 3 is 2.09 bits per heavy atom. The van der Waals surface area contributed by atoms with Crippen LogP contribution in [0.1, 0.15) is 30.1 Å². The molecular weight excluding hydrogens is 609 g/mol. The Balaban J connectivity index is 0.00000193. The van der Waals surface area contributed by atoms with Gasteiger partial charge in [0.1, 0.15) is 0 Å². The number of fused-ring (bicyclic) bond motifs is 1. The summed E-state index contributed by atoms with van der Waals surface area (Å²) in [5.41, 5.74) is 5.00. The zero-order chi connectivity index (χ0) is 21.8. The predicted molar refractivity (Wildman–Crippen MR) is 127 cm³/mol. The second-order valence-electron chi connectivity index (χ2n) is 7.58. The van der Waals surface area contributed by atoms with E-state index in [9.17, 15) is 8.42 Å². The van der Waals surface area contributed by atoms with Gasteiger partial charge in [-0.25, -0.2) is 13.6 Å². The number of aromatic amines is 1. The summed E-state index contributed by atoms with van der Waals surface area (Å²) in [5, 5.41) is 6.23. The first kappa shape index (κ1) is 26.8. The Labute approximate surface area is 209 Å². The normalized spacial score (nSPS) is 11.2. The molecule has 0 bridgehead atoms. The zero-order valence-electron chi connectivity index (χ0n) is 17.7. The van der Waals surface area contributed by atoms with Crippen LogP contribution in [0.15, 0.2) is 71.9 Å². The van der Waals surface area contributed by atoms with Gasteiger partial charge in [-0.2, -0.15) is 0 Å². The Morgan fingerprint density at radius 2 is 1.58 bits per heavy atom. The number of hydrogen-bond acceptors (Lipinski definition) is 5. The van der Waals surface area contributed by atoms with Gasteiger partial charge in [-0.05, 0) is 61.4 Å². The summed E-state index contributed by atoms with van der Waals surface area (Å²) in [7, 11) is -3.76. The summed E-state index contributed by atoms with van der Waals surface area (Å²) in [5.74, 6) is 0. The number of primary sulfonamides is 1. The molecule has 33 heavy (non-hydrogen) atoms. The Morgan fingerprint density at radius 1 is 0.970 bits per heavy atom. The van der Waals surface area contributed by atoms with E-state index in [1.54, 1.807) is 24.5 Å². The van der Waals surface area contributed by atoms with Crippen LogP contribution in [0.5, 0.6) is 0 Å². The largest absolute Gasteiger partial charge is 0.358 e. The van der Waals surface area contributed by atoms with E-state index < -0.39 is 10.0 Å². The number of hydrogen-bond donors (Lipinski definition) is 2. The first-order valence-electron chi connectivity index (χ1n) is 10.1. The maximum atomic E-state index is 11.8. The van der Waals surface area contributed by atoms with E-state index in [1.807, 2.05) is 43.3 Å². The number of H-pyrrole nitrogens is 1. The minimum absolute atomic E-state index is 0. The third-order valence-electron chi connectivity index (χ3n) is 5.32. The van der Waals surface area contributed by atoms with Crippen molar-refractivity contribution in [3.8, 4) is 0 Å². The van der Waals surface area contributed by atoms with E-state index in [4.69, 9.17) is 5.14 Å². The van der Waals surface area contributed by atoms with Crippen LogP contribution in [0, 0.1) is 6.92 Å². The predicted octanol–water partition coefficient (Wildman–Crippen LogP) is 3.79. The van der Waals surface area contributed by atoms with Crippen molar-refractivity contribution in [2.24, 2.45) is 5.14 Å². The van der Waals surface area contributed by atoms with Crippen molar-refractivity contribution in [3.05, 3.63) is 89.6 Å². The van der Waals surface area contributed by atoms with Gasteiger partial charge in [0, 0.05) is 69.0 Å². The Kier molecular flexibility index (Phi) is 9.47. The average Bonchev–Trinajstić information content (AvgIpc) is 3.07. The fraction of sp³-hybridized carbons (Fsp3) is 0.250. The number of pyridine rings is 2. The summed E-state index contributed by atoms with van der Waals surface area (Å²) in [4.78, 5) is 14.7. The number of sulfonamides is 1. The van der Waals surface area contributed by atoms with Crippen LogP contribution in [0.2, 0.25) is 0 Å². The molecule has 4 aromatic rings. The van der Waals surface area contributed by atoms with Gasteiger partial charge in [0.25, 0.3) is 0 Å². The van der Waals surface area contributed by atoms with Crippen LogP contribution in [0.4, 0.5) is 0 Å². The molecule has 3 aromatic heterocycles. The standard InChI is InChI=1S/C23H25N5O2S.CH4.Re/c1-17-21(22-14-20(31(24,29)30)8-9-23(22)27-17)10-13-28(15-18-6-2-4-11-25-18)16-19-7-3-5-12-26-19;;/h2-9,11-12,14,27H,10,13,15-16H2,1H3,(H2,24,29,30);1H4;. The molecule has 0 aliphatic carbocycles. The third kappa shape index (κ3) is 6.79. The van der Waals surface area contributed by atoms with Gasteiger partial charge in [0.2, 0.25) is 10.0 Å². The first-order valence-corrected chi connectivity index (χ1v) is 11.6. The van der Waals surface area contributed by atoms with Crippen molar-refractivity contribution < 1.29 is 28.8 Å². The molecule has 0 atom stereocenters. The van der Waals surface area contributed by atoms with Gasteiger partial charge in [-0.3, -0.25) is 14.9 Å². The summed E-state index contributed by atoms with van der Waals surface area (Å²) in [6.45, 7) is 4.16. The number of nitrogens with zero attached hydrogens (tertiary/aromatic N) is 3. The van der Waals surface area contributed by atoms with Crippen molar-refractivity contribution >= 4 is 20.9 Å². The minimum atomic E-state index is -3.76. The number of aromatic nitrogens is 3. The number of rotatable bonds is 8. The molecule has 0 saturated heterocycles. The molecule has 0 unspecified atom stereocenters. The zero-order valence-corrected chi connectivity index (χ0v) is 21.2. The fourth-order valence-corrected chi connectivity index (χ4v) is 4.33. The van der Waals surface area contributed by atoms with Gasteiger partial charge in [-0.15, -0.1) is 0 Å². The molecule has 175 valence electrons. The molecule has 0 saturated carbocycles. The maximum absolute atomic E-state index is 11.8. The van der Waals surface area contributed by atoms with Crippen LogP contribution < -0.4 is 5.14 Å². The molecule has 7 nitrogen and oxygen atoms in total. The molecule has 1 aromatic carbocycles. The van der Waals surface area contributed by atoms with Crippen molar-refractivity contribution in [1.29, 1.82) is 0 Å². The summed E-state index contributed by atoms with van der Waals surface area (Å²) in [6.07, 6.45) is 4.35. The molecule has 0 aliphatic heterocycles. The average molecular weight is 638 g/mol. The van der Waals surface area contributed by atoms with E-state index in [-0.39, 0.29) is 32.7 Å². The van der Waals surface area contributed by atoms with Gasteiger partial charge < -0.3 is 4.98 Å². The van der Waals surface area contributed by atoms with Crippen molar-refractivity contribution in [2.45, 2.75) is 38.8 Å². The SMILES string of the molecule is C.Cc1[nH]c2ccc(S(N)(=O)=O)cc2c1CCN(Cc1ccccn1)Cc1ccccn1.[Re]. The van der Waals surface area contributed by atoms with Gasteiger partial charge in [0.15, 0.2) is 0 Å². The smallest absolute Gasteiger partial charge is 0.238 e. The maximum Gasteiger partial charge on any atom is 0.238 e. The molecule has 0 aliphatic rings. The molecular formula is C24H29N5O2ReS. The Hall–Kier alpha value is -2.41. The van der Waals surface area contributed by atoms with Crippen molar-refractivity contribution in [3.63, 3.8) is 0 Å². The first-order chi connectivity index (χ1) is 14.9.